The Labute approximate surface area is 123 Å². The Bertz CT molecular complexity index is 487. The summed E-state index contributed by atoms with van der Waals surface area (Å²) in [6.45, 7) is 2.83. The number of amides is 2. The van der Waals surface area contributed by atoms with Crippen molar-refractivity contribution in [3.05, 3.63) is 16.1 Å². The molecule has 110 valence electrons. The number of likely N-dealkylation sites (tertiary alicyclic amines) is 1. The van der Waals surface area contributed by atoms with Crippen molar-refractivity contribution < 1.29 is 9.90 Å². The van der Waals surface area contributed by atoms with Gasteiger partial charge in [0.15, 0.2) is 0 Å². The van der Waals surface area contributed by atoms with E-state index in [1.807, 2.05) is 13.1 Å². The smallest absolute Gasteiger partial charge is 0.318 e. The third-order valence-electron chi connectivity index (χ3n) is 4.13. The molecule has 0 aromatic carbocycles. The Morgan fingerprint density at radius 3 is 3.00 bits per heavy atom. The second kappa shape index (κ2) is 5.69. The van der Waals surface area contributed by atoms with Gasteiger partial charge in [-0.25, -0.2) is 9.78 Å². The van der Waals surface area contributed by atoms with Crippen LogP contribution in [0.2, 0.25) is 0 Å². The Kier molecular flexibility index (Phi) is 3.94. The molecule has 2 aliphatic rings. The molecule has 1 saturated carbocycles. The number of carbonyl (C=O) groups is 1. The highest BCUT2D eigenvalue weighted by molar-refractivity contribution is 7.11. The summed E-state index contributed by atoms with van der Waals surface area (Å²) < 4.78 is 0. The molecule has 1 saturated heterocycles. The van der Waals surface area contributed by atoms with Gasteiger partial charge in [-0.3, -0.25) is 0 Å². The molecule has 5 nitrogen and oxygen atoms in total. The van der Waals surface area contributed by atoms with E-state index in [9.17, 15) is 9.90 Å². The summed E-state index contributed by atoms with van der Waals surface area (Å²) in [6, 6.07) is -0.0275. The number of nitrogens with zero attached hydrogens (tertiary/aromatic N) is 2. The average Bonchev–Trinajstić information content (AvgIpc) is 2.99. The van der Waals surface area contributed by atoms with Crippen LogP contribution >= 0.6 is 11.3 Å². The maximum absolute atomic E-state index is 12.4. The van der Waals surface area contributed by atoms with E-state index in [2.05, 4.69) is 10.3 Å². The normalized spacial score (nSPS) is 23.9. The number of hydrogen-bond acceptors (Lipinski definition) is 4. The predicted octanol–water partition coefficient (Wildman–Crippen LogP) is 2.07. The maximum Gasteiger partial charge on any atom is 0.318 e. The molecule has 0 bridgehead atoms. The second-order valence-electron chi connectivity index (χ2n) is 5.75. The first-order chi connectivity index (χ1) is 9.69. The first kappa shape index (κ1) is 13.8. The molecule has 1 unspecified atom stereocenters. The summed E-state index contributed by atoms with van der Waals surface area (Å²) in [4.78, 5) is 19.8. The Hall–Kier alpha value is -1.14. The number of aryl methyl sites for hydroxylation is 1. The number of urea groups is 1. The van der Waals surface area contributed by atoms with E-state index in [4.69, 9.17) is 0 Å². The monoisotopic (exact) mass is 295 g/mol. The molecule has 1 aromatic rings. The second-order valence-corrected chi connectivity index (χ2v) is 7.01. The lowest BCUT2D eigenvalue weighted by atomic mass is 10.2. The number of thiazole rings is 1. The molecular weight excluding hydrogens is 274 g/mol. The third-order valence-corrected chi connectivity index (χ3v) is 5.12. The van der Waals surface area contributed by atoms with Crippen LogP contribution in [0.15, 0.2) is 6.20 Å². The van der Waals surface area contributed by atoms with E-state index in [0.717, 1.165) is 37.2 Å². The minimum Gasteiger partial charge on any atom is -0.394 e. The van der Waals surface area contributed by atoms with E-state index in [1.165, 1.54) is 4.88 Å². The molecule has 1 aromatic heterocycles. The molecule has 2 heterocycles. The van der Waals surface area contributed by atoms with Crippen molar-refractivity contribution >= 4 is 17.4 Å². The van der Waals surface area contributed by atoms with Gasteiger partial charge in [0.1, 0.15) is 5.01 Å². The Balaban J connectivity index is 1.69. The van der Waals surface area contributed by atoms with Gasteiger partial charge in [0, 0.05) is 17.6 Å². The molecule has 1 aliphatic carbocycles. The number of nitrogens with one attached hydrogen (secondary N) is 1. The summed E-state index contributed by atoms with van der Waals surface area (Å²) in [5.74, 6) is 0.527. The van der Waals surface area contributed by atoms with Crippen LogP contribution in [0.25, 0.3) is 0 Å². The first-order valence-electron chi connectivity index (χ1n) is 7.29. The van der Waals surface area contributed by atoms with Gasteiger partial charge in [-0.05, 0) is 38.5 Å². The fourth-order valence-corrected chi connectivity index (χ4v) is 3.75. The van der Waals surface area contributed by atoms with Crippen LogP contribution in [0.5, 0.6) is 0 Å². The van der Waals surface area contributed by atoms with Gasteiger partial charge in [-0.1, -0.05) is 0 Å². The van der Waals surface area contributed by atoms with Crippen LogP contribution in [0.4, 0.5) is 4.79 Å². The quantitative estimate of drug-likeness (QED) is 0.893. The van der Waals surface area contributed by atoms with Gasteiger partial charge in [-0.15, -0.1) is 11.3 Å². The number of aromatic nitrogens is 1. The summed E-state index contributed by atoms with van der Waals surface area (Å²) in [5, 5.41) is 13.5. The van der Waals surface area contributed by atoms with Gasteiger partial charge < -0.3 is 15.3 Å². The molecule has 0 spiro atoms. The van der Waals surface area contributed by atoms with E-state index in [-0.39, 0.29) is 24.7 Å². The Morgan fingerprint density at radius 2 is 2.40 bits per heavy atom. The van der Waals surface area contributed by atoms with Crippen LogP contribution in [0.1, 0.15) is 41.6 Å². The predicted molar refractivity (Wildman–Crippen MR) is 77.7 cm³/mol. The molecule has 1 aliphatic heterocycles. The van der Waals surface area contributed by atoms with Gasteiger partial charge in [0.2, 0.25) is 0 Å². The highest BCUT2D eigenvalue weighted by Gasteiger charge is 2.37. The third kappa shape index (κ3) is 2.81. The molecule has 2 atom stereocenters. The van der Waals surface area contributed by atoms with Gasteiger partial charge in [-0.2, -0.15) is 0 Å². The van der Waals surface area contributed by atoms with Crippen LogP contribution in [-0.2, 0) is 0 Å². The van der Waals surface area contributed by atoms with Gasteiger partial charge in [0.05, 0.1) is 18.7 Å². The van der Waals surface area contributed by atoms with Crippen molar-refractivity contribution in [2.75, 3.05) is 13.2 Å². The Morgan fingerprint density at radius 1 is 1.60 bits per heavy atom. The molecule has 2 fully saturated rings. The fraction of sp³-hybridized carbons (Fsp3) is 0.714. The number of carbonyl (C=O) groups excluding carboxylic acids is 1. The highest BCUT2D eigenvalue weighted by atomic mass is 32.1. The molecular formula is C14H21N3O2S. The standard InChI is InChI=1S/C14H21N3O2S/c1-9-7-15-13(20-9)12(10-4-5-10)16-14(19)17-6-2-3-11(17)8-18/h7,10-12,18H,2-6,8H2,1H3,(H,16,19)/t11-,12?/m1/s1. The minimum absolute atomic E-state index is 0.0205. The molecule has 20 heavy (non-hydrogen) atoms. The fourth-order valence-electron chi connectivity index (χ4n) is 2.84. The van der Waals surface area contributed by atoms with Crippen molar-refractivity contribution in [1.82, 2.24) is 15.2 Å². The molecule has 3 rings (SSSR count). The van der Waals surface area contributed by atoms with Crippen LogP contribution in [-0.4, -0.2) is 40.2 Å². The minimum atomic E-state index is -0.0497. The lowest BCUT2D eigenvalue weighted by Crippen LogP contribution is -2.45. The van der Waals surface area contributed by atoms with Gasteiger partial charge >= 0.3 is 6.03 Å². The van der Waals surface area contributed by atoms with E-state index >= 15 is 0 Å². The van der Waals surface area contributed by atoms with Crippen molar-refractivity contribution in [3.63, 3.8) is 0 Å². The number of rotatable bonds is 4. The van der Waals surface area contributed by atoms with Crippen LogP contribution < -0.4 is 5.32 Å². The first-order valence-corrected chi connectivity index (χ1v) is 8.11. The van der Waals surface area contributed by atoms with E-state index in [0.29, 0.717) is 5.92 Å². The zero-order valence-corrected chi connectivity index (χ0v) is 12.5. The SMILES string of the molecule is Cc1cnc(C(NC(=O)N2CCC[C@@H]2CO)C2CC2)s1. The highest BCUT2D eigenvalue weighted by Crippen LogP contribution is 2.42. The molecule has 0 radical (unpaired) electrons. The lowest BCUT2D eigenvalue weighted by Gasteiger charge is -2.26. The number of aliphatic hydroxyl groups excluding tert-OH is 1. The summed E-state index contributed by atoms with van der Waals surface area (Å²) in [6.07, 6.45) is 6.06. The molecule has 6 heteroatoms. The maximum atomic E-state index is 12.4. The van der Waals surface area contributed by atoms with Crippen LogP contribution in [0.3, 0.4) is 0 Å². The van der Waals surface area contributed by atoms with Crippen LogP contribution in [0, 0.1) is 12.8 Å². The van der Waals surface area contributed by atoms with Crippen molar-refractivity contribution in [1.29, 1.82) is 0 Å². The van der Waals surface area contributed by atoms with Gasteiger partial charge in [0.25, 0.3) is 0 Å². The lowest BCUT2D eigenvalue weighted by molar-refractivity contribution is 0.153. The summed E-state index contributed by atoms with van der Waals surface area (Å²) in [5.41, 5.74) is 0. The van der Waals surface area contributed by atoms with E-state index in [1.54, 1.807) is 16.2 Å². The number of aliphatic hydroxyl groups is 1. The zero-order chi connectivity index (χ0) is 14.1. The largest absolute Gasteiger partial charge is 0.394 e. The topological polar surface area (TPSA) is 65.5 Å². The van der Waals surface area contributed by atoms with Crippen molar-refractivity contribution in [2.24, 2.45) is 5.92 Å². The summed E-state index contributed by atoms with van der Waals surface area (Å²) in [7, 11) is 0. The van der Waals surface area contributed by atoms with Crippen molar-refractivity contribution in [2.45, 2.75) is 44.7 Å². The van der Waals surface area contributed by atoms with Crippen molar-refractivity contribution in [3.8, 4) is 0 Å². The average molecular weight is 295 g/mol. The molecule has 2 N–H and O–H groups in total. The molecule has 2 amide bonds. The zero-order valence-electron chi connectivity index (χ0n) is 11.7. The number of hydrogen-bond donors (Lipinski definition) is 2. The van der Waals surface area contributed by atoms with E-state index < -0.39 is 0 Å². The summed E-state index contributed by atoms with van der Waals surface area (Å²) >= 11 is 1.66.